The van der Waals surface area contributed by atoms with E-state index in [0.29, 0.717) is 18.2 Å². The van der Waals surface area contributed by atoms with Crippen LogP contribution < -0.4 is 0 Å². The van der Waals surface area contributed by atoms with E-state index < -0.39 is 0 Å². The zero-order valence-corrected chi connectivity index (χ0v) is 11.4. The standard InChI is InChI=1S/C16H17N3O/c17-10-13-6-7-14-15(12-4-2-1-3-5-12)11-19(8-9-20)16(14)18-13/h6-7,9,11-12H,1-5,8H2. The maximum absolute atomic E-state index is 10.8. The van der Waals surface area contributed by atoms with Crippen LogP contribution >= 0.6 is 0 Å². The first-order chi connectivity index (χ1) is 9.83. The fourth-order valence-electron chi connectivity index (χ4n) is 3.21. The van der Waals surface area contributed by atoms with Crippen LogP contribution in [-0.2, 0) is 11.3 Å². The number of aldehydes is 1. The van der Waals surface area contributed by atoms with E-state index in [0.717, 1.165) is 17.3 Å². The van der Waals surface area contributed by atoms with E-state index in [1.54, 1.807) is 6.07 Å². The quantitative estimate of drug-likeness (QED) is 0.803. The summed E-state index contributed by atoms with van der Waals surface area (Å²) in [4.78, 5) is 15.2. The number of nitrogens with zero attached hydrogens (tertiary/aromatic N) is 3. The van der Waals surface area contributed by atoms with E-state index in [2.05, 4.69) is 17.3 Å². The molecule has 0 spiro atoms. The van der Waals surface area contributed by atoms with Crippen molar-refractivity contribution in [3.63, 3.8) is 0 Å². The smallest absolute Gasteiger partial charge is 0.142 e. The van der Waals surface area contributed by atoms with Gasteiger partial charge in [-0.25, -0.2) is 4.98 Å². The molecule has 102 valence electrons. The fourth-order valence-corrected chi connectivity index (χ4v) is 3.21. The third-order valence-corrected chi connectivity index (χ3v) is 4.18. The minimum Gasteiger partial charge on any atom is -0.325 e. The van der Waals surface area contributed by atoms with Crippen LogP contribution in [0.5, 0.6) is 0 Å². The summed E-state index contributed by atoms with van der Waals surface area (Å²) in [6, 6.07) is 5.81. The molecule has 1 saturated carbocycles. The van der Waals surface area contributed by atoms with Crippen LogP contribution in [-0.4, -0.2) is 15.8 Å². The Bertz CT molecular complexity index is 675. The van der Waals surface area contributed by atoms with Crippen LogP contribution in [0.1, 0.15) is 49.3 Å². The topological polar surface area (TPSA) is 58.7 Å². The lowest BCUT2D eigenvalue weighted by Gasteiger charge is -2.21. The molecular weight excluding hydrogens is 250 g/mol. The van der Waals surface area contributed by atoms with Gasteiger partial charge >= 0.3 is 0 Å². The van der Waals surface area contributed by atoms with Gasteiger partial charge in [0.1, 0.15) is 23.7 Å². The van der Waals surface area contributed by atoms with Crippen molar-refractivity contribution in [1.29, 1.82) is 5.26 Å². The van der Waals surface area contributed by atoms with Crippen LogP contribution in [0.2, 0.25) is 0 Å². The van der Waals surface area contributed by atoms with Gasteiger partial charge in [-0.15, -0.1) is 0 Å². The molecule has 1 aliphatic carbocycles. The molecule has 0 amide bonds. The third-order valence-electron chi connectivity index (χ3n) is 4.18. The number of rotatable bonds is 3. The second-order valence-corrected chi connectivity index (χ2v) is 5.42. The van der Waals surface area contributed by atoms with E-state index in [1.807, 2.05) is 10.6 Å². The van der Waals surface area contributed by atoms with Crippen molar-refractivity contribution < 1.29 is 4.79 Å². The molecule has 1 aliphatic rings. The van der Waals surface area contributed by atoms with Crippen molar-refractivity contribution in [3.05, 3.63) is 29.6 Å². The molecule has 0 aliphatic heterocycles. The normalized spacial score (nSPS) is 16.1. The number of carbonyl (C=O) groups is 1. The Morgan fingerprint density at radius 3 is 2.85 bits per heavy atom. The summed E-state index contributed by atoms with van der Waals surface area (Å²) >= 11 is 0. The maximum Gasteiger partial charge on any atom is 0.142 e. The molecule has 0 atom stereocenters. The molecular formula is C16H17N3O. The lowest BCUT2D eigenvalue weighted by Crippen LogP contribution is -2.04. The Hall–Kier alpha value is -2.15. The number of hydrogen-bond donors (Lipinski definition) is 0. The van der Waals surface area contributed by atoms with Crippen molar-refractivity contribution in [3.8, 4) is 6.07 Å². The summed E-state index contributed by atoms with van der Waals surface area (Å²) in [5.41, 5.74) is 2.45. The van der Waals surface area contributed by atoms with Gasteiger partial charge in [0.15, 0.2) is 0 Å². The highest BCUT2D eigenvalue weighted by Gasteiger charge is 2.21. The third kappa shape index (κ3) is 2.20. The van der Waals surface area contributed by atoms with Gasteiger partial charge < -0.3 is 9.36 Å². The molecule has 0 N–H and O–H groups in total. The summed E-state index contributed by atoms with van der Waals surface area (Å²) in [7, 11) is 0. The fraction of sp³-hybridized carbons (Fsp3) is 0.438. The van der Waals surface area contributed by atoms with E-state index in [4.69, 9.17) is 5.26 Å². The van der Waals surface area contributed by atoms with Crippen LogP contribution in [0.3, 0.4) is 0 Å². The summed E-state index contributed by atoms with van der Waals surface area (Å²) in [6.45, 7) is 0.297. The Morgan fingerprint density at radius 1 is 1.35 bits per heavy atom. The molecule has 2 aromatic heterocycles. The van der Waals surface area contributed by atoms with E-state index in [1.165, 1.54) is 37.7 Å². The Kier molecular flexibility index (Phi) is 3.51. The number of hydrogen-bond acceptors (Lipinski definition) is 3. The lowest BCUT2D eigenvalue weighted by molar-refractivity contribution is -0.108. The Labute approximate surface area is 118 Å². The lowest BCUT2D eigenvalue weighted by atomic mass is 9.84. The SMILES string of the molecule is N#Cc1ccc2c(C3CCCCC3)cn(CC=O)c2n1. The first kappa shape index (κ1) is 12.9. The molecule has 0 radical (unpaired) electrons. The van der Waals surface area contributed by atoms with Gasteiger partial charge in [0.2, 0.25) is 0 Å². The summed E-state index contributed by atoms with van der Waals surface area (Å²) < 4.78 is 1.87. The number of aromatic nitrogens is 2. The van der Waals surface area contributed by atoms with Crippen molar-refractivity contribution in [2.75, 3.05) is 0 Å². The van der Waals surface area contributed by atoms with E-state index in [-0.39, 0.29) is 0 Å². The van der Waals surface area contributed by atoms with Gasteiger partial charge in [-0.2, -0.15) is 5.26 Å². The molecule has 0 aromatic carbocycles. The highest BCUT2D eigenvalue weighted by atomic mass is 16.1. The van der Waals surface area contributed by atoms with E-state index >= 15 is 0 Å². The number of carbonyl (C=O) groups excluding carboxylic acids is 1. The molecule has 2 heterocycles. The maximum atomic E-state index is 10.8. The molecule has 20 heavy (non-hydrogen) atoms. The van der Waals surface area contributed by atoms with Crippen LogP contribution in [0.25, 0.3) is 11.0 Å². The Morgan fingerprint density at radius 2 is 2.15 bits per heavy atom. The molecule has 3 rings (SSSR count). The minimum atomic E-state index is 0.297. The van der Waals surface area contributed by atoms with Crippen molar-refractivity contribution in [2.24, 2.45) is 0 Å². The number of nitriles is 1. The van der Waals surface area contributed by atoms with Gasteiger partial charge in [-0.3, -0.25) is 0 Å². The number of pyridine rings is 1. The first-order valence-electron chi connectivity index (χ1n) is 7.17. The van der Waals surface area contributed by atoms with Crippen molar-refractivity contribution in [2.45, 2.75) is 44.6 Å². The molecule has 2 aromatic rings. The largest absolute Gasteiger partial charge is 0.325 e. The van der Waals surface area contributed by atoms with Crippen LogP contribution in [0.15, 0.2) is 18.3 Å². The van der Waals surface area contributed by atoms with Crippen LogP contribution in [0, 0.1) is 11.3 Å². The van der Waals surface area contributed by atoms with Gasteiger partial charge in [0.25, 0.3) is 0 Å². The summed E-state index contributed by atoms with van der Waals surface area (Å²) in [5.74, 6) is 0.564. The molecule has 0 bridgehead atoms. The van der Waals surface area contributed by atoms with Crippen molar-refractivity contribution in [1.82, 2.24) is 9.55 Å². The minimum absolute atomic E-state index is 0.297. The van der Waals surface area contributed by atoms with Crippen LogP contribution in [0.4, 0.5) is 0 Å². The second kappa shape index (κ2) is 5.46. The molecule has 4 heteroatoms. The molecule has 0 saturated heterocycles. The van der Waals surface area contributed by atoms with Crippen molar-refractivity contribution >= 4 is 17.3 Å². The molecule has 1 fully saturated rings. The van der Waals surface area contributed by atoms with E-state index in [9.17, 15) is 4.79 Å². The highest BCUT2D eigenvalue weighted by molar-refractivity contribution is 5.82. The monoisotopic (exact) mass is 267 g/mol. The zero-order chi connectivity index (χ0) is 13.9. The Balaban J connectivity index is 2.12. The van der Waals surface area contributed by atoms with Gasteiger partial charge in [0.05, 0.1) is 6.54 Å². The second-order valence-electron chi connectivity index (χ2n) is 5.42. The predicted molar refractivity (Wildman–Crippen MR) is 76.3 cm³/mol. The van der Waals surface area contributed by atoms with Gasteiger partial charge in [0, 0.05) is 11.6 Å². The average Bonchev–Trinajstić information content (AvgIpc) is 2.86. The molecule has 4 nitrogen and oxygen atoms in total. The first-order valence-corrected chi connectivity index (χ1v) is 7.17. The predicted octanol–water partition coefficient (Wildman–Crippen LogP) is 3.15. The summed E-state index contributed by atoms with van der Waals surface area (Å²) in [5, 5.41) is 10.1. The highest BCUT2D eigenvalue weighted by Crippen LogP contribution is 2.36. The number of fused-ring (bicyclic) bond motifs is 1. The zero-order valence-electron chi connectivity index (χ0n) is 11.4. The van der Waals surface area contributed by atoms with Gasteiger partial charge in [-0.1, -0.05) is 19.3 Å². The molecule has 0 unspecified atom stereocenters. The summed E-state index contributed by atoms with van der Waals surface area (Å²) in [6.07, 6.45) is 9.22. The average molecular weight is 267 g/mol. The van der Waals surface area contributed by atoms with Gasteiger partial charge in [-0.05, 0) is 36.5 Å².